The van der Waals surface area contributed by atoms with Crippen molar-refractivity contribution in [2.45, 2.75) is 18.8 Å². The largest absolute Gasteiger partial charge is 0.293 e. The first-order valence-corrected chi connectivity index (χ1v) is 5.87. The topological polar surface area (TPSA) is 12.4 Å². The molecule has 2 aliphatic rings. The molecule has 78 valence electrons. The van der Waals surface area contributed by atoms with Gasteiger partial charge in [-0.1, -0.05) is 29.3 Å². The van der Waals surface area contributed by atoms with E-state index in [9.17, 15) is 0 Å². The maximum Gasteiger partial charge on any atom is 0.0595 e. The van der Waals surface area contributed by atoms with Gasteiger partial charge in [0.2, 0.25) is 0 Å². The van der Waals surface area contributed by atoms with Crippen LogP contribution in [0.25, 0.3) is 0 Å². The van der Waals surface area contributed by atoms with Crippen LogP contribution >= 0.6 is 23.2 Å². The molecule has 1 fully saturated rings. The van der Waals surface area contributed by atoms with E-state index in [1.807, 2.05) is 12.1 Å². The van der Waals surface area contributed by atoms with Crippen LogP contribution in [-0.4, -0.2) is 12.3 Å². The van der Waals surface area contributed by atoms with Crippen LogP contribution in [0.4, 0.5) is 0 Å². The van der Waals surface area contributed by atoms with Crippen molar-refractivity contribution in [3.05, 3.63) is 33.8 Å². The van der Waals surface area contributed by atoms with Crippen LogP contribution in [0, 0.1) is 5.92 Å². The summed E-state index contributed by atoms with van der Waals surface area (Å²) in [6.45, 7) is 3.10. The van der Waals surface area contributed by atoms with E-state index in [4.69, 9.17) is 23.2 Å². The Hall–Kier alpha value is -0.530. The predicted molar refractivity (Wildman–Crippen MR) is 64.2 cm³/mol. The third-order valence-electron chi connectivity index (χ3n) is 3.73. The summed E-state index contributed by atoms with van der Waals surface area (Å²) in [5.74, 6) is 0.703. The number of benzene rings is 1. The Balaban J connectivity index is 2.08. The number of aliphatic imine (C=N–C) groups is 1. The zero-order chi connectivity index (χ0) is 10.6. The van der Waals surface area contributed by atoms with Crippen molar-refractivity contribution in [2.75, 3.05) is 6.54 Å². The second-order valence-corrected chi connectivity index (χ2v) is 5.24. The van der Waals surface area contributed by atoms with E-state index in [1.54, 1.807) is 0 Å². The van der Waals surface area contributed by atoms with Crippen LogP contribution in [0.2, 0.25) is 10.0 Å². The summed E-state index contributed by atoms with van der Waals surface area (Å²) >= 11 is 12.0. The van der Waals surface area contributed by atoms with Gasteiger partial charge in [0.25, 0.3) is 0 Å². The number of nitrogens with zero attached hydrogens (tertiary/aromatic N) is 1. The lowest BCUT2D eigenvalue weighted by Gasteiger charge is -2.14. The summed E-state index contributed by atoms with van der Waals surface area (Å²) < 4.78 is 0. The monoisotopic (exact) mass is 239 g/mol. The fraction of sp³-hybridized carbons (Fsp3) is 0.417. The highest BCUT2D eigenvalue weighted by Gasteiger charge is 2.60. The molecule has 1 nitrogen and oxygen atoms in total. The smallest absolute Gasteiger partial charge is 0.0595 e. The lowest BCUT2D eigenvalue weighted by Crippen LogP contribution is -2.16. The van der Waals surface area contributed by atoms with Crippen molar-refractivity contribution in [1.82, 2.24) is 0 Å². The standard InChI is InChI=1S/C12H11Cl2N/c1-7-12(5-9(12)6-15-7)8-2-3-10(13)11(14)4-8/h2-4,9H,5-6H2,1H3/t9?,12-/m0/s1. The van der Waals surface area contributed by atoms with Crippen molar-refractivity contribution >= 4 is 28.9 Å². The van der Waals surface area contributed by atoms with E-state index >= 15 is 0 Å². The van der Waals surface area contributed by atoms with Crippen LogP contribution in [0.1, 0.15) is 18.9 Å². The molecule has 1 aromatic rings. The number of halogens is 2. The molecular weight excluding hydrogens is 229 g/mol. The molecule has 1 aliphatic carbocycles. The van der Waals surface area contributed by atoms with Crippen molar-refractivity contribution in [2.24, 2.45) is 10.9 Å². The van der Waals surface area contributed by atoms with Gasteiger partial charge in [0.1, 0.15) is 0 Å². The summed E-state index contributed by atoms with van der Waals surface area (Å²) in [5.41, 5.74) is 2.74. The molecule has 0 amide bonds. The molecule has 15 heavy (non-hydrogen) atoms. The van der Waals surface area contributed by atoms with Crippen LogP contribution in [0.3, 0.4) is 0 Å². The highest BCUT2D eigenvalue weighted by atomic mass is 35.5. The van der Waals surface area contributed by atoms with Crippen LogP contribution < -0.4 is 0 Å². The minimum absolute atomic E-state index is 0.203. The lowest BCUT2D eigenvalue weighted by molar-refractivity contribution is 0.811. The van der Waals surface area contributed by atoms with Gasteiger partial charge in [-0.3, -0.25) is 4.99 Å². The first kappa shape index (κ1) is 9.68. The van der Waals surface area contributed by atoms with Gasteiger partial charge in [-0.15, -0.1) is 0 Å². The Morgan fingerprint density at radius 2 is 2.13 bits per heavy atom. The van der Waals surface area contributed by atoms with E-state index in [0.29, 0.717) is 16.0 Å². The highest BCUT2D eigenvalue weighted by Crippen LogP contribution is 2.59. The third-order valence-corrected chi connectivity index (χ3v) is 4.47. The first-order chi connectivity index (χ1) is 7.14. The SMILES string of the molecule is CC1=NCC2C[C@@]12c1ccc(Cl)c(Cl)c1. The predicted octanol–water partition coefficient (Wildman–Crippen LogP) is 3.73. The molecule has 3 heteroatoms. The minimum atomic E-state index is 0.203. The van der Waals surface area contributed by atoms with Crippen molar-refractivity contribution < 1.29 is 0 Å². The average Bonchev–Trinajstić information content (AvgIpc) is 2.87. The van der Waals surface area contributed by atoms with Crippen molar-refractivity contribution in [1.29, 1.82) is 0 Å². The molecule has 3 rings (SSSR count). The van der Waals surface area contributed by atoms with E-state index in [-0.39, 0.29) is 5.41 Å². The molecule has 1 unspecified atom stereocenters. The molecule has 0 saturated heterocycles. The fourth-order valence-electron chi connectivity index (χ4n) is 2.72. The average molecular weight is 240 g/mol. The molecule has 0 N–H and O–H groups in total. The van der Waals surface area contributed by atoms with Crippen LogP contribution in [0.15, 0.2) is 23.2 Å². The maximum atomic E-state index is 6.05. The maximum absolute atomic E-state index is 6.05. The van der Waals surface area contributed by atoms with Gasteiger partial charge >= 0.3 is 0 Å². The number of hydrogen-bond donors (Lipinski definition) is 0. The molecule has 1 aromatic carbocycles. The summed E-state index contributed by atoms with van der Waals surface area (Å²) in [5, 5.41) is 1.27. The quantitative estimate of drug-likeness (QED) is 0.709. The van der Waals surface area contributed by atoms with Gasteiger partial charge in [0, 0.05) is 17.7 Å². The van der Waals surface area contributed by atoms with Crippen LogP contribution in [-0.2, 0) is 5.41 Å². The Morgan fingerprint density at radius 3 is 2.67 bits per heavy atom. The minimum Gasteiger partial charge on any atom is -0.293 e. The van der Waals surface area contributed by atoms with Gasteiger partial charge in [0.15, 0.2) is 0 Å². The molecule has 0 radical (unpaired) electrons. The van der Waals surface area contributed by atoms with Gasteiger partial charge in [-0.2, -0.15) is 0 Å². The Morgan fingerprint density at radius 1 is 1.33 bits per heavy atom. The highest BCUT2D eigenvalue weighted by molar-refractivity contribution is 6.42. The first-order valence-electron chi connectivity index (χ1n) is 5.11. The molecular formula is C12H11Cl2N. The van der Waals surface area contributed by atoms with E-state index in [0.717, 1.165) is 6.54 Å². The molecule has 0 spiro atoms. The molecule has 0 bridgehead atoms. The normalized spacial score (nSPS) is 32.5. The summed E-state index contributed by atoms with van der Waals surface area (Å²) in [7, 11) is 0. The summed E-state index contributed by atoms with van der Waals surface area (Å²) in [6.07, 6.45) is 1.22. The molecule has 0 aromatic heterocycles. The zero-order valence-corrected chi connectivity index (χ0v) is 9.94. The third kappa shape index (κ3) is 1.20. The van der Waals surface area contributed by atoms with Gasteiger partial charge in [-0.25, -0.2) is 0 Å². The molecule has 1 aliphatic heterocycles. The van der Waals surface area contributed by atoms with E-state index in [1.165, 1.54) is 17.7 Å². The second kappa shape index (κ2) is 2.99. The van der Waals surface area contributed by atoms with Gasteiger partial charge in [-0.05, 0) is 37.0 Å². The fourth-order valence-corrected chi connectivity index (χ4v) is 3.02. The number of rotatable bonds is 1. The zero-order valence-electron chi connectivity index (χ0n) is 8.43. The Labute approximate surface area is 99.1 Å². The number of fused-ring (bicyclic) bond motifs is 1. The van der Waals surface area contributed by atoms with Crippen molar-refractivity contribution in [3.8, 4) is 0 Å². The van der Waals surface area contributed by atoms with Crippen molar-refractivity contribution in [3.63, 3.8) is 0 Å². The van der Waals surface area contributed by atoms with E-state index < -0.39 is 0 Å². The Kier molecular flexibility index (Phi) is 1.93. The molecule has 1 heterocycles. The Bertz CT molecular complexity index is 467. The van der Waals surface area contributed by atoms with E-state index in [2.05, 4.69) is 18.0 Å². The van der Waals surface area contributed by atoms with Gasteiger partial charge in [0.05, 0.1) is 10.0 Å². The second-order valence-electron chi connectivity index (χ2n) is 4.43. The van der Waals surface area contributed by atoms with Crippen LogP contribution in [0.5, 0.6) is 0 Å². The molecule has 1 saturated carbocycles. The summed E-state index contributed by atoms with van der Waals surface area (Å²) in [6, 6.07) is 5.96. The lowest BCUT2D eigenvalue weighted by atomic mass is 9.90. The molecule has 2 atom stereocenters. The summed E-state index contributed by atoms with van der Waals surface area (Å²) in [4.78, 5) is 4.51. The van der Waals surface area contributed by atoms with Gasteiger partial charge < -0.3 is 0 Å². The number of hydrogen-bond acceptors (Lipinski definition) is 1.